The molecule has 0 amide bonds. The maximum Gasteiger partial charge on any atom is 0.335 e. The second kappa shape index (κ2) is 6.25. The average molecular weight is 286 g/mol. The van der Waals surface area contributed by atoms with Crippen LogP contribution in [0.3, 0.4) is 0 Å². The van der Waals surface area contributed by atoms with Crippen molar-refractivity contribution in [2.45, 2.75) is 90.4 Å². The van der Waals surface area contributed by atoms with Crippen LogP contribution in [0.25, 0.3) is 0 Å². The van der Waals surface area contributed by atoms with Crippen molar-refractivity contribution in [2.24, 2.45) is 5.92 Å². The minimum atomic E-state index is -2.01. The Balaban J connectivity index is 1.80. The molecule has 112 valence electrons. The van der Waals surface area contributed by atoms with Gasteiger partial charge in [-0.25, -0.2) is 0 Å². The summed E-state index contributed by atoms with van der Waals surface area (Å²) < 4.78 is 17.9. The van der Waals surface area contributed by atoms with E-state index in [1.807, 2.05) is 0 Å². The van der Waals surface area contributed by atoms with Gasteiger partial charge in [-0.1, -0.05) is 0 Å². The number of hydrogen-bond donors (Lipinski definition) is 0. The zero-order valence-electron chi connectivity index (χ0n) is 13.1. The third-order valence-electron chi connectivity index (χ3n) is 4.09. The Bertz CT molecular complexity index is 283. The van der Waals surface area contributed by atoms with Gasteiger partial charge in [0.25, 0.3) is 0 Å². The maximum absolute atomic E-state index is 6.16. The molecule has 19 heavy (non-hydrogen) atoms. The summed E-state index contributed by atoms with van der Waals surface area (Å²) in [5.41, 5.74) is 0. The Kier molecular flexibility index (Phi) is 5.09. The van der Waals surface area contributed by atoms with Crippen LogP contribution in [0.5, 0.6) is 0 Å². The van der Waals surface area contributed by atoms with Gasteiger partial charge in [0, 0.05) is 12.2 Å². The minimum absolute atomic E-state index is 0.262. The summed E-state index contributed by atoms with van der Waals surface area (Å²) in [6, 6.07) is 1.12. The Morgan fingerprint density at radius 3 is 2.21 bits per heavy atom. The van der Waals surface area contributed by atoms with Crippen LogP contribution >= 0.6 is 0 Å². The fourth-order valence-electron chi connectivity index (χ4n) is 3.36. The predicted octanol–water partition coefficient (Wildman–Crippen LogP) is 3.87. The Hall–Kier alpha value is 0.0969. The minimum Gasteiger partial charge on any atom is -0.392 e. The van der Waals surface area contributed by atoms with Crippen LogP contribution in [0.15, 0.2) is 0 Å². The molecule has 0 aromatic rings. The largest absolute Gasteiger partial charge is 0.392 e. The van der Waals surface area contributed by atoms with Crippen LogP contribution < -0.4 is 0 Å². The first kappa shape index (κ1) is 15.5. The van der Waals surface area contributed by atoms with Crippen molar-refractivity contribution >= 4 is 8.56 Å². The lowest BCUT2D eigenvalue weighted by atomic mass is 9.88. The predicted molar refractivity (Wildman–Crippen MR) is 79.5 cm³/mol. The van der Waals surface area contributed by atoms with Crippen molar-refractivity contribution in [3.05, 3.63) is 0 Å². The van der Waals surface area contributed by atoms with E-state index in [9.17, 15) is 0 Å². The summed E-state index contributed by atoms with van der Waals surface area (Å²) in [6.45, 7) is 10.7. The van der Waals surface area contributed by atoms with E-state index in [4.69, 9.17) is 13.6 Å². The van der Waals surface area contributed by atoms with Crippen molar-refractivity contribution in [1.82, 2.24) is 0 Å². The van der Waals surface area contributed by atoms with Gasteiger partial charge in [0.2, 0.25) is 0 Å². The molecule has 3 atom stereocenters. The van der Waals surface area contributed by atoms with Crippen LogP contribution in [0.1, 0.15) is 53.4 Å². The summed E-state index contributed by atoms with van der Waals surface area (Å²) in [7, 11) is -2.01. The average Bonchev–Trinajstić information content (AvgIpc) is 3.02. The van der Waals surface area contributed by atoms with E-state index < -0.39 is 8.56 Å². The Morgan fingerprint density at radius 1 is 1.05 bits per heavy atom. The van der Waals surface area contributed by atoms with Crippen LogP contribution in [-0.4, -0.2) is 33.0 Å². The lowest BCUT2D eigenvalue weighted by Crippen LogP contribution is -2.43. The molecule has 1 aliphatic heterocycles. The molecule has 1 saturated heterocycles. The summed E-state index contributed by atoms with van der Waals surface area (Å²) in [5, 5.41) is 0. The van der Waals surface area contributed by atoms with Gasteiger partial charge in [-0.15, -0.1) is 0 Å². The smallest absolute Gasteiger partial charge is 0.335 e. The van der Waals surface area contributed by atoms with Gasteiger partial charge in [-0.05, 0) is 71.9 Å². The Labute approximate surface area is 119 Å². The SMILES string of the molecule is CC(C)O[Si](C)(CCC1CCC2OC2C1)OC(C)C. The van der Waals surface area contributed by atoms with Crippen molar-refractivity contribution in [1.29, 1.82) is 0 Å². The summed E-state index contributed by atoms with van der Waals surface area (Å²) in [4.78, 5) is 0. The quantitative estimate of drug-likeness (QED) is 0.526. The van der Waals surface area contributed by atoms with E-state index in [0.717, 1.165) is 12.0 Å². The highest BCUT2D eigenvalue weighted by Gasteiger charge is 2.44. The second-order valence-electron chi connectivity index (χ2n) is 6.90. The van der Waals surface area contributed by atoms with Crippen LogP contribution in [0.4, 0.5) is 0 Å². The van der Waals surface area contributed by atoms with Gasteiger partial charge in [0.1, 0.15) is 0 Å². The molecule has 3 unspecified atom stereocenters. The molecule has 0 spiro atoms. The molecular weight excluding hydrogens is 256 g/mol. The highest BCUT2D eigenvalue weighted by atomic mass is 28.4. The molecule has 2 rings (SSSR count). The maximum atomic E-state index is 6.16. The van der Waals surface area contributed by atoms with Gasteiger partial charge in [0.05, 0.1) is 12.2 Å². The fourth-order valence-corrected chi connectivity index (χ4v) is 6.58. The standard InChI is InChI=1S/C15H30O3Si/c1-11(2)17-19(5,18-12(3)4)9-8-13-6-7-14-15(10-13)16-14/h11-15H,6-10H2,1-5H3. The van der Waals surface area contributed by atoms with Crippen molar-refractivity contribution in [3.63, 3.8) is 0 Å². The zero-order chi connectivity index (χ0) is 14.0. The molecule has 1 saturated carbocycles. The van der Waals surface area contributed by atoms with Crippen molar-refractivity contribution < 1.29 is 13.6 Å². The van der Waals surface area contributed by atoms with Gasteiger partial charge < -0.3 is 13.6 Å². The number of ether oxygens (including phenoxy) is 1. The number of rotatable bonds is 7. The molecule has 2 fully saturated rings. The summed E-state index contributed by atoms with van der Waals surface area (Å²) >= 11 is 0. The summed E-state index contributed by atoms with van der Waals surface area (Å²) in [6.07, 6.45) is 6.82. The second-order valence-corrected chi connectivity index (χ2v) is 10.1. The molecule has 0 bridgehead atoms. The zero-order valence-corrected chi connectivity index (χ0v) is 14.1. The van der Waals surface area contributed by atoms with Gasteiger partial charge in [-0.3, -0.25) is 0 Å². The first-order valence-corrected chi connectivity index (χ1v) is 10.4. The fraction of sp³-hybridized carbons (Fsp3) is 1.00. The lowest BCUT2D eigenvalue weighted by molar-refractivity contribution is 0.107. The van der Waals surface area contributed by atoms with Gasteiger partial charge >= 0.3 is 8.56 Å². The van der Waals surface area contributed by atoms with Crippen molar-refractivity contribution in [2.75, 3.05) is 0 Å². The van der Waals surface area contributed by atoms with E-state index in [0.29, 0.717) is 12.2 Å². The van der Waals surface area contributed by atoms with E-state index in [-0.39, 0.29) is 12.2 Å². The molecule has 0 aromatic heterocycles. The molecule has 0 N–H and O–H groups in total. The highest BCUT2D eigenvalue weighted by Crippen LogP contribution is 2.41. The van der Waals surface area contributed by atoms with Gasteiger partial charge in [0.15, 0.2) is 0 Å². The van der Waals surface area contributed by atoms with Crippen molar-refractivity contribution in [3.8, 4) is 0 Å². The highest BCUT2D eigenvalue weighted by molar-refractivity contribution is 6.66. The van der Waals surface area contributed by atoms with E-state index in [1.165, 1.54) is 25.7 Å². The molecule has 0 radical (unpaired) electrons. The first-order chi connectivity index (χ1) is 8.88. The number of epoxide rings is 1. The van der Waals surface area contributed by atoms with Gasteiger partial charge in [-0.2, -0.15) is 0 Å². The van der Waals surface area contributed by atoms with E-state index in [1.54, 1.807) is 0 Å². The molecule has 2 aliphatic rings. The van der Waals surface area contributed by atoms with E-state index >= 15 is 0 Å². The topological polar surface area (TPSA) is 31.0 Å². The Morgan fingerprint density at radius 2 is 1.68 bits per heavy atom. The third kappa shape index (κ3) is 4.85. The monoisotopic (exact) mass is 286 g/mol. The molecule has 3 nitrogen and oxygen atoms in total. The first-order valence-electron chi connectivity index (χ1n) is 7.89. The molecular formula is C15H30O3Si. The molecule has 0 aromatic carbocycles. The molecule has 1 aliphatic carbocycles. The van der Waals surface area contributed by atoms with Crippen LogP contribution in [0, 0.1) is 5.92 Å². The van der Waals surface area contributed by atoms with Crippen LogP contribution in [0.2, 0.25) is 12.6 Å². The van der Waals surface area contributed by atoms with E-state index in [2.05, 4.69) is 34.2 Å². The lowest BCUT2D eigenvalue weighted by Gasteiger charge is -2.32. The normalized spacial score (nSPS) is 30.8. The molecule has 1 heterocycles. The van der Waals surface area contributed by atoms with Crippen LogP contribution in [-0.2, 0) is 13.6 Å². The number of fused-ring (bicyclic) bond motifs is 1. The summed E-state index contributed by atoms with van der Waals surface area (Å²) in [5.74, 6) is 0.821. The molecule has 4 heteroatoms. The number of hydrogen-bond acceptors (Lipinski definition) is 3. The third-order valence-corrected chi connectivity index (χ3v) is 7.23.